The summed E-state index contributed by atoms with van der Waals surface area (Å²) in [5, 5.41) is 0. The Morgan fingerprint density at radius 1 is 1.50 bits per heavy atom. The van der Waals surface area contributed by atoms with Crippen LogP contribution in [0.25, 0.3) is 0 Å². The first kappa shape index (κ1) is 7.84. The first-order valence-corrected chi connectivity index (χ1v) is 4.49. The van der Waals surface area contributed by atoms with Gasteiger partial charge in [0.05, 0.1) is 0 Å². The summed E-state index contributed by atoms with van der Waals surface area (Å²) >= 11 is 0. The average molecular weight is 138 g/mol. The molecule has 0 aromatic rings. The Labute approximate surface area is 64.3 Å². The highest BCUT2D eigenvalue weighted by atomic mass is 14.3. The van der Waals surface area contributed by atoms with Gasteiger partial charge in [-0.15, -0.1) is 6.58 Å². The summed E-state index contributed by atoms with van der Waals surface area (Å²) in [6.45, 7) is 6.12. The van der Waals surface area contributed by atoms with Crippen molar-refractivity contribution in [2.75, 3.05) is 0 Å². The van der Waals surface area contributed by atoms with E-state index in [0.29, 0.717) is 0 Å². The second-order valence-corrected chi connectivity index (χ2v) is 3.46. The maximum Gasteiger partial charge on any atom is -0.0233 e. The molecule has 0 aromatic carbocycles. The lowest BCUT2D eigenvalue weighted by Crippen LogP contribution is -1.92. The van der Waals surface area contributed by atoms with E-state index in [4.69, 9.17) is 0 Å². The Morgan fingerprint density at radius 3 is 2.80 bits per heavy atom. The van der Waals surface area contributed by atoms with Gasteiger partial charge in [0.1, 0.15) is 0 Å². The summed E-state index contributed by atoms with van der Waals surface area (Å²) in [6, 6.07) is 0. The van der Waals surface area contributed by atoms with Gasteiger partial charge in [-0.3, -0.25) is 0 Å². The monoisotopic (exact) mass is 138 g/mol. The zero-order valence-electron chi connectivity index (χ0n) is 6.97. The van der Waals surface area contributed by atoms with Gasteiger partial charge in [-0.05, 0) is 31.1 Å². The Bertz CT molecular complexity index is 105. The quantitative estimate of drug-likeness (QED) is 0.524. The zero-order chi connectivity index (χ0) is 7.40. The highest BCUT2D eigenvalue weighted by Gasteiger charge is 2.20. The fourth-order valence-corrected chi connectivity index (χ4v) is 2.00. The van der Waals surface area contributed by atoms with Gasteiger partial charge in [0.15, 0.2) is 0 Å². The molecule has 0 nitrogen and oxygen atoms in total. The molecule has 0 amide bonds. The van der Waals surface area contributed by atoms with Gasteiger partial charge < -0.3 is 0 Å². The first-order chi connectivity index (χ1) is 4.86. The molecule has 1 aliphatic rings. The van der Waals surface area contributed by atoms with E-state index in [1.807, 2.05) is 0 Å². The van der Waals surface area contributed by atoms with Crippen LogP contribution in [0.1, 0.15) is 39.0 Å². The van der Waals surface area contributed by atoms with Crippen molar-refractivity contribution in [3.63, 3.8) is 0 Å². The minimum atomic E-state index is 0.844. The highest BCUT2D eigenvalue weighted by molar-refractivity contribution is 4.86. The van der Waals surface area contributed by atoms with Gasteiger partial charge in [0, 0.05) is 0 Å². The topological polar surface area (TPSA) is 0 Å². The summed E-state index contributed by atoms with van der Waals surface area (Å²) in [7, 11) is 0. The van der Waals surface area contributed by atoms with E-state index in [0.717, 1.165) is 11.8 Å². The molecule has 1 saturated carbocycles. The van der Waals surface area contributed by atoms with Crippen LogP contribution in [-0.4, -0.2) is 0 Å². The van der Waals surface area contributed by atoms with Crippen molar-refractivity contribution in [3.8, 4) is 0 Å². The van der Waals surface area contributed by atoms with Crippen LogP contribution in [0.5, 0.6) is 0 Å². The van der Waals surface area contributed by atoms with Crippen LogP contribution >= 0.6 is 0 Å². The van der Waals surface area contributed by atoms with Crippen LogP contribution in [0, 0.1) is 11.8 Å². The van der Waals surface area contributed by atoms with Gasteiger partial charge in [-0.25, -0.2) is 0 Å². The molecule has 0 spiro atoms. The molecule has 1 fully saturated rings. The van der Waals surface area contributed by atoms with E-state index >= 15 is 0 Å². The molecule has 2 atom stereocenters. The first-order valence-electron chi connectivity index (χ1n) is 4.49. The zero-order valence-corrected chi connectivity index (χ0v) is 6.97. The average Bonchev–Trinajstić information content (AvgIpc) is 2.37. The van der Waals surface area contributed by atoms with Crippen molar-refractivity contribution in [2.45, 2.75) is 39.0 Å². The van der Waals surface area contributed by atoms with Crippen LogP contribution in [-0.2, 0) is 0 Å². The van der Waals surface area contributed by atoms with Crippen molar-refractivity contribution < 1.29 is 0 Å². The molecule has 0 heterocycles. The predicted octanol–water partition coefficient (Wildman–Crippen LogP) is 3.39. The number of allylic oxidation sites excluding steroid dienone is 1. The molecule has 0 aliphatic heterocycles. The van der Waals surface area contributed by atoms with E-state index in [2.05, 4.69) is 19.6 Å². The highest BCUT2D eigenvalue weighted by Crippen LogP contribution is 2.33. The van der Waals surface area contributed by atoms with Crippen molar-refractivity contribution in [1.82, 2.24) is 0 Å². The maximum absolute atomic E-state index is 3.84. The number of hydrogen-bond acceptors (Lipinski definition) is 0. The molecule has 0 heteroatoms. The van der Waals surface area contributed by atoms with Crippen molar-refractivity contribution in [1.29, 1.82) is 0 Å². The van der Waals surface area contributed by atoms with Gasteiger partial charge in [0.2, 0.25) is 0 Å². The lowest BCUT2D eigenvalue weighted by Gasteiger charge is -2.05. The molecular formula is C10H18. The Balaban J connectivity index is 2.21. The van der Waals surface area contributed by atoms with Crippen LogP contribution in [0.15, 0.2) is 12.7 Å². The second-order valence-electron chi connectivity index (χ2n) is 3.46. The molecule has 1 rings (SSSR count). The molecule has 0 bridgehead atoms. The summed E-state index contributed by atoms with van der Waals surface area (Å²) < 4.78 is 0. The molecule has 10 heavy (non-hydrogen) atoms. The van der Waals surface area contributed by atoms with Crippen molar-refractivity contribution >= 4 is 0 Å². The lowest BCUT2D eigenvalue weighted by molar-refractivity contribution is 0.485. The smallest absolute Gasteiger partial charge is 0.0233 e. The van der Waals surface area contributed by atoms with Crippen LogP contribution in [0.2, 0.25) is 0 Å². The number of rotatable bonds is 3. The predicted molar refractivity (Wildman–Crippen MR) is 45.9 cm³/mol. The largest absolute Gasteiger partial charge is 0.103 e. The second kappa shape index (κ2) is 3.80. The molecule has 0 radical (unpaired) electrons. The van der Waals surface area contributed by atoms with Gasteiger partial charge in [-0.2, -0.15) is 0 Å². The van der Waals surface area contributed by atoms with Crippen molar-refractivity contribution in [3.05, 3.63) is 12.7 Å². The van der Waals surface area contributed by atoms with Gasteiger partial charge in [0.25, 0.3) is 0 Å². The third kappa shape index (κ3) is 1.86. The van der Waals surface area contributed by atoms with Crippen molar-refractivity contribution in [2.24, 2.45) is 11.8 Å². The van der Waals surface area contributed by atoms with Crippen LogP contribution in [0.3, 0.4) is 0 Å². The Kier molecular flexibility index (Phi) is 2.98. The summed E-state index contributed by atoms with van der Waals surface area (Å²) in [4.78, 5) is 0. The Hall–Kier alpha value is -0.260. The van der Waals surface area contributed by atoms with E-state index in [-0.39, 0.29) is 0 Å². The van der Waals surface area contributed by atoms with Gasteiger partial charge >= 0.3 is 0 Å². The Morgan fingerprint density at radius 2 is 2.30 bits per heavy atom. The molecule has 1 aliphatic carbocycles. The van der Waals surface area contributed by atoms with E-state index in [9.17, 15) is 0 Å². The molecule has 0 aromatic heterocycles. The molecule has 58 valence electrons. The molecule has 0 saturated heterocycles. The maximum atomic E-state index is 3.84. The van der Waals surface area contributed by atoms with Crippen LogP contribution < -0.4 is 0 Å². The fraction of sp³-hybridized carbons (Fsp3) is 0.800. The molecular weight excluding hydrogens is 120 g/mol. The fourth-order valence-electron chi connectivity index (χ4n) is 2.00. The SMILES string of the molecule is C=CC1CCC(CCC)C1. The van der Waals surface area contributed by atoms with E-state index < -0.39 is 0 Å². The lowest BCUT2D eigenvalue weighted by atomic mass is 10.0. The van der Waals surface area contributed by atoms with E-state index in [1.165, 1.54) is 32.1 Å². The third-order valence-corrected chi connectivity index (χ3v) is 2.61. The summed E-state index contributed by atoms with van der Waals surface area (Å²) in [6.07, 6.45) is 9.19. The third-order valence-electron chi connectivity index (χ3n) is 2.61. The molecule has 0 N–H and O–H groups in total. The standard InChI is InChI=1S/C10H18/c1-3-5-10-7-6-9(4-2)8-10/h4,9-10H,2-3,5-8H2,1H3. The van der Waals surface area contributed by atoms with Crippen LogP contribution in [0.4, 0.5) is 0 Å². The molecule has 2 unspecified atom stereocenters. The minimum absolute atomic E-state index is 0.844. The summed E-state index contributed by atoms with van der Waals surface area (Å²) in [5.74, 6) is 1.87. The number of hydrogen-bond donors (Lipinski definition) is 0. The van der Waals surface area contributed by atoms with Gasteiger partial charge in [-0.1, -0.05) is 25.8 Å². The van der Waals surface area contributed by atoms with E-state index in [1.54, 1.807) is 0 Å². The minimum Gasteiger partial charge on any atom is -0.103 e. The normalized spacial score (nSPS) is 32.5. The summed E-state index contributed by atoms with van der Waals surface area (Å²) in [5.41, 5.74) is 0.